The molecule has 1 aliphatic carbocycles. The first kappa shape index (κ1) is 9.88. The molecule has 2 aliphatic rings. The number of benzene rings is 1. The summed E-state index contributed by atoms with van der Waals surface area (Å²) in [5, 5.41) is 3.52. The van der Waals surface area contributed by atoms with E-state index in [0.717, 1.165) is 6.61 Å². The van der Waals surface area contributed by atoms with Crippen LogP contribution in [0.5, 0.6) is 0 Å². The second kappa shape index (κ2) is 4.28. The Morgan fingerprint density at radius 3 is 2.62 bits per heavy atom. The van der Waals surface area contributed by atoms with Gasteiger partial charge in [0.1, 0.15) is 0 Å². The van der Waals surface area contributed by atoms with Crippen molar-refractivity contribution in [3.63, 3.8) is 0 Å². The Bertz CT molecular complexity index is 403. The molecule has 0 amide bonds. The van der Waals surface area contributed by atoms with Crippen LogP contribution in [0.3, 0.4) is 0 Å². The highest BCUT2D eigenvalue weighted by atomic mass is 16.5. The molecule has 3 heteroatoms. The summed E-state index contributed by atoms with van der Waals surface area (Å²) in [6.07, 6.45) is 8.49. The SMILES string of the molecule is C1=CC(B2NC(c3ccccc3)CO2)C=C1. The lowest BCUT2D eigenvalue weighted by Crippen LogP contribution is -2.33. The predicted molar refractivity (Wildman–Crippen MR) is 66.1 cm³/mol. The minimum absolute atomic E-state index is 0.125. The van der Waals surface area contributed by atoms with Crippen LogP contribution in [-0.4, -0.2) is 13.7 Å². The molecule has 0 saturated carbocycles. The maximum absolute atomic E-state index is 5.79. The summed E-state index contributed by atoms with van der Waals surface area (Å²) in [5.41, 5.74) is 1.30. The lowest BCUT2D eigenvalue weighted by atomic mass is 9.68. The van der Waals surface area contributed by atoms with Crippen LogP contribution in [0.1, 0.15) is 11.6 Å². The number of hydrogen-bond donors (Lipinski definition) is 1. The number of nitrogens with one attached hydrogen (secondary N) is 1. The normalized spacial score (nSPS) is 24.5. The van der Waals surface area contributed by atoms with Crippen molar-refractivity contribution in [3.8, 4) is 0 Å². The molecule has 0 bridgehead atoms. The van der Waals surface area contributed by atoms with Crippen molar-refractivity contribution in [2.24, 2.45) is 0 Å². The minimum Gasteiger partial charge on any atom is -0.419 e. The Hall–Kier alpha value is -1.32. The van der Waals surface area contributed by atoms with E-state index < -0.39 is 0 Å². The van der Waals surface area contributed by atoms with Crippen LogP contribution in [0.2, 0.25) is 5.82 Å². The Kier molecular flexibility index (Phi) is 2.64. The van der Waals surface area contributed by atoms with E-state index in [9.17, 15) is 0 Å². The molecule has 1 aromatic carbocycles. The fraction of sp³-hybridized carbons (Fsp3) is 0.231. The average molecular weight is 211 g/mol. The van der Waals surface area contributed by atoms with Gasteiger partial charge in [0.15, 0.2) is 0 Å². The maximum atomic E-state index is 5.79. The van der Waals surface area contributed by atoms with Gasteiger partial charge in [0.05, 0.1) is 0 Å². The molecule has 1 saturated heterocycles. The molecule has 0 spiro atoms. The highest BCUT2D eigenvalue weighted by Crippen LogP contribution is 2.26. The molecular formula is C13H14BNO. The molecule has 16 heavy (non-hydrogen) atoms. The third-order valence-electron chi connectivity index (χ3n) is 3.14. The van der Waals surface area contributed by atoms with E-state index in [2.05, 4.69) is 53.8 Å². The predicted octanol–water partition coefficient (Wildman–Crippen LogP) is 2.33. The highest BCUT2D eigenvalue weighted by molar-refractivity contribution is 6.53. The van der Waals surface area contributed by atoms with E-state index in [4.69, 9.17) is 4.65 Å². The van der Waals surface area contributed by atoms with Gasteiger partial charge in [-0.3, -0.25) is 0 Å². The van der Waals surface area contributed by atoms with E-state index in [0.29, 0.717) is 11.9 Å². The zero-order valence-electron chi connectivity index (χ0n) is 9.04. The summed E-state index contributed by atoms with van der Waals surface area (Å²) in [5.74, 6) is 0.383. The van der Waals surface area contributed by atoms with E-state index in [-0.39, 0.29) is 7.05 Å². The number of allylic oxidation sites excluding steroid dienone is 4. The zero-order valence-corrected chi connectivity index (χ0v) is 9.04. The van der Waals surface area contributed by atoms with Crippen molar-refractivity contribution in [1.82, 2.24) is 5.23 Å². The molecule has 1 fully saturated rings. The molecule has 3 rings (SSSR count). The van der Waals surface area contributed by atoms with E-state index >= 15 is 0 Å². The van der Waals surface area contributed by atoms with Crippen molar-refractivity contribution in [3.05, 3.63) is 60.2 Å². The second-order valence-electron chi connectivity index (χ2n) is 4.23. The molecule has 80 valence electrons. The standard InChI is InChI=1S/C13H14BNO/c1-2-6-11(7-3-1)13-10-16-14(15-13)12-8-4-5-9-12/h1-9,12-13,15H,10H2. The molecule has 1 heterocycles. The topological polar surface area (TPSA) is 21.3 Å². The lowest BCUT2D eigenvalue weighted by molar-refractivity contribution is 0.340. The van der Waals surface area contributed by atoms with E-state index in [1.54, 1.807) is 0 Å². The Morgan fingerprint density at radius 2 is 1.88 bits per heavy atom. The minimum atomic E-state index is 0.125. The molecule has 1 atom stereocenters. The first-order valence-corrected chi connectivity index (χ1v) is 5.71. The van der Waals surface area contributed by atoms with Gasteiger partial charge in [-0.1, -0.05) is 54.6 Å². The van der Waals surface area contributed by atoms with Crippen molar-refractivity contribution in [2.45, 2.75) is 11.9 Å². The zero-order chi connectivity index (χ0) is 10.8. The number of hydrogen-bond acceptors (Lipinski definition) is 2. The summed E-state index contributed by atoms with van der Waals surface area (Å²) in [6.45, 7) is 0.757. The van der Waals surface area contributed by atoms with Gasteiger partial charge >= 0.3 is 7.05 Å². The van der Waals surface area contributed by atoms with E-state index in [1.165, 1.54) is 5.56 Å². The molecule has 0 aromatic heterocycles. The summed E-state index contributed by atoms with van der Waals surface area (Å²) in [4.78, 5) is 0. The largest absolute Gasteiger partial charge is 0.419 e. The van der Waals surface area contributed by atoms with Gasteiger partial charge < -0.3 is 9.88 Å². The monoisotopic (exact) mass is 211 g/mol. The van der Waals surface area contributed by atoms with Crippen LogP contribution in [-0.2, 0) is 4.65 Å². The second-order valence-corrected chi connectivity index (χ2v) is 4.23. The van der Waals surface area contributed by atoms with Crippen molar-refractivity contribution < 1.29 is 4.65 Å². The summed E-state index contributed by atoms with van der Waals surface area (Å²) in [7, 11) is 0.125. The smallest absolute Gasteiger partial charge is 0.391 e. The molecule has 2 nitrogen and oxygen atoms in total. The molecule has 0 radical (unpaired) electrons. The van der Waals surface area contributed by atoms with Gasteiger partial charge in [-0.25, -0.2) is 0 Å². The molecule has 1 aliphatic heterocycles. The van der Waals surface area contributed by atoms with Crippen LogP contribution in [0.15, 0.2) is 54.6 Å². The van der Waals surface area contributed by atoms with Gasteiger partial charge in [-0.05, 0) is 5.56 Å². The maximum Gasteiger partial charge on any atom is 0.391 e. The van der Waals surface area contributed by atoms with Crippen molar-refractivity contribution >= 4 is 7.05 Å². The third kappa shape index (κ3) is 1.84. The van der Waals surface area contributed by atoms with Crippen LogP contribution in [0.4, 0.5) is 0 Å². The van der Waals surface area contributed by atoms with Crippen LogP contribution in [0, 0.1) is 0 Å². The van der Waals surface area contributed by atoms with Crippen molar-refractivity contribution in [2.75, 3.05) is 6.61 Å². The average Bonchev–Trinajstić information content (AvgIpc) is 3.01. The van der Waals surface area contributed by atoms with E-state index in [1.807, 2.05) is 6.07 Å². The first-order valence-electron chi connectivity index (χ1n) is 5.71. The van der Waals surface area contributed by atoms with Gasteiger partial charge in [0.25, 0.3) is 0 Å². The Morgan fingerprint density at radius 1 is 1.12 bits per heavy atom. The Labute approximate surface area is 96.1 Å². The van der Waals surface area contributed by atoms with Gasteiger partial charge in [-0.15, -0.1) is 0 Å². The van der Waals surface area contributed by atoms with Gasteiger partial charge in [0, 0.05) is 18.5 Å². The lowest BCUT2D eigenvalue weighted by Gasteiger charge is -2.11. The summed E-state index contributed by atoms with van der Waals surface area (Å²) in [6, 6.07) is 10.8. The molecule has 1 aromatic rings. The summed E-state index contributed by atoms with van der Waals surface area (Å²) < 4.78 is 5.79. The summed E-state index contributed by atoms with van der Waals surface area (Å²) >= 11 is 0. The highest BCUT2D eigenvalue weighted by Gasteiger charge is 2.34. The fourth-order valence-corrected chi connectivity index (χ4v) is 2.25. The van der Waals surface area contributed by atoms with Gasteiger partial charge in [-0.2, -0.15) is 0 Å². The Balaban J connectivity index is 1.69. The number of rotatable bonds is 2. The fourth-order valence-electron chi connectivity index (χ4n) is 2.25. The third-order valence-corrected chi connectivity index (χ3v) is 3.14. The quantitative estimate of drug-likeness (QED) is 0.758. The molecular weight excluding hydrogens is 197 g/mol. The van der Waals surface area contributed by atoms with Crippen LogP contribution < -0.4 is 5.23 Å². The van der Waals surface area contributed by atoms with Gasteiger partial charge in [0.2, 0.25) is 0 Å². The van der Waals surface area contributed by atoms with Crippen LogP contribution >= 0.6 is 0 Å². The molecule has 1 unspecified atom stereocenters. The first-order chi connectivity index (χ1) is 7.93. The van der Waals surface area contributed by atoms with Crippen LogP contribution in [0.25, 0.3) is 0 Å². The molecule has 1 N–H and O–H groups in total. The van der Waals surface area contributed by atoms with Crippen molar-refractivity contribution in [1.29, 1.82) is 0 Å².